The summed E-state index contributed by atoms with van der Waals surface area (Å²) in [5, 5.41) is 10.6. The number of hydrogen-bond donors (Lipinski definition) is 0. The zero-order valence-electron chi connectivity index (χ0n) is 10.3. The minimum absolute atomic E-state index is 0.109. The van der Waals surface area contributed by atoms with Crippen LogP contribution in [0.15, 0.2) is 18.2 Å². The van der Waals surface area contributed by atoms with Gasteiger partial charge in [-0.3, -0.25) is 14.9 Å². The fraction of sp³-hybridized carbons (Fsp3) is 0.333. The van der Waals surface area contributed by atoms with Crippen LogP contribution >= 0.6 is 0 Å². The van der Waals surface area contributed by atoms with E-state index in [9.17, 15) is 19.7 Å². The van der Waals surface area contributed by atoms with Crippen LogP contribution in [0.1, 0.15) is 41.5 Å². The van der Waals surface area contributed by atoms with Gasteiger partial charge in [0, 0.05) is 6.07 Å². The Labute approximate surface area is 104 Å². The van der Waals surface area contributed by atoms with Crippen LogP contribution in [0.3, 0.4) is 0 Å². The minimum Gasteiger partial charge on any atom is -0.456 e. The molecule has 0 N–H and O–H groups in total. The van der Waals surface area contributed by atoms with Crippen molar-refractivity contribution in [1.82, 2.24) is 0 Å². The van der Waals surface area contributed by atoms with E-state index in [1.807, 2.05) is 0 Å². The minimum atomic E-state index is -0.678. The van der Waals surface area contributed by atoms with Gasteiger partial charge in [0.2, 0.25) is 0 Å². The molecule has 0 atom stereocenters. The largest absolute Gasteiger partial charge is 0.456 e. The Morgan fingerprint density at radius 3 is 2.44 bits per heavy atom. The number of benzene rings is 1. The third-order valence-electron chi connectivity index (χ3n) is 1.99. The van der Waals surface area contributed by atoms with Gasteiger partial charge in [0.15, 0.2) is 6.29 Å². The number of nitrogens with zero attached hydrogens (tertiary/aromatic N) is 1. The molecule has 0 aromatic heterocycles. The second-order valence-electron chi connectivity index (χ2n) is 4.65. The fourth-order valence-corrected chi connectivity index (χ4v) is 1.28. The number of nitro groups is 1. The van der Waals surface area contributed by atoms with Crippen LogP contribution in [-0.4, -0.2) is 22.8 Å². The first-order valence-corrected chi connectivity index (χ1v) is 5.21. The molecule has 1 aromatic rings. The lowest BCUT2D eigenvalue weighted by atomic mass is 10.1. The number of rotatable bonds is 3. The lowest BCUT2D eigenvalue weighted by Gasteiger charge is -2.19. The third-order valence-corrected chi connectivity index (χ3v) is 1.99. The molecule has 6 heteroatoms. The van der Waals surface area contributed by atoms with E-state index in [-0.39, 0.29) is 16.8 Å². The maximum atomic E-state index is 11.7. The second kappa shape index (κ2) is 4.95. The van der Waals surface area contributed by atoms with Gasteiger partial charge in [-0.2, -0.15) is 0 Å². The molecule has 0 bridgehead atoms. The Morgan fingerprint density at radius 2 is 2.00 bits per heavy atom. The Balaban J connectivity index is 3.10. The molecule has 1 aromatic carbocycles. The summed E-state index contributed by atoms with van der Waals surface area (Å²) in [6.45, 7) is 5.12. The van der Waals surface area contributed by atoms with Crippen LogP contribution in [0.5, 0.6) is 0 Å². The summed E-state index contributed by atoms with van der Waals surface area (Å²) in [5.41, 5.74) is -1.04. The summed E-state index contributed by atoms with van der Waals surface area (Å²) in [5.74, 6) is -0.625. The Bertz CT molecular complexity index is 502. The molecule has 6 nitrogen and oxygen atoms in total. The molecular formula is C12H13NO5. The second-order valence-corrected chi connectivity index (χ2v) is 4.65. The fourth-order valence-electron chi connectivity index (χ4n) is 1.28. The highest BCUT2D eigenvalue weighted by atomic mass is 16.6. The molecule has 0 aliphatic carbocycles. The van der Waals surface area contributed by atoms with Gasteiger partial charge >= 0.3 is 5.97 Å². The molecule has 0 fully saturated rings. The normalized spacial score (nSPS) is 10.8. The highest BCUT2D eigenvalue weighted by Crippen LogP contribution is 2.20. The summed E-state index contributed by atoms with van der Waals surface area (Å²) in [4.78, 5) is 32.4. The summed E-state index contributed by atoms with van der Waals surface area (Å²) >= 11 is 0. The number of esters is 1. The van der Waals surface area contributed by atoms with Crippen LogP contribution in [-0.2, 0) is 4.74 Å². The molecule has 1 rings (SSSR count). The van der Waals surface area contributed by atoms with Crippen LogP contribution in [0, 0.1) is 10.1 Å². The maximum absolute atomic E-state index is 11.7. The molecule has 0 aliphatic heterocycles. The van der Waals surface area contributed by atoms with Gasteiger partial charge in [-0.05, 0) is 32.9 Å². The smallest absolute Gasteiger partial charge is 0.338 e. The first-order valence-electron chi connectivity index (χ1n) is 5.21. The highest BCUT2D eigenvalue weighted by molar-refractivity contribution is 5.93. The van der Waals surface area contributed by atoms with E-state index in [4.69, 9.17) is 4.74 Å². The van der Waals surface area contributed by atoms with Gasteiger partial charge in [0.05, 0.1) is 16.1 Å². The molecule has 0 amide bonds. The first-order chi connectivity index (χ1) is 8.24. The zero-order chi connectivity index (χ0) is 13.9. The van der Waals surface area contributed by atoms with E-state index in [1.54, 1.807) is 20.8 Å². The summed E-state index contributed by atoms with van der Waals surface area (Å²) in [6, 6.07) is 3.53. The van der Waals surface area contributed by atoms with Gasteiger partial charge in [0.25, 0.3) is 5.69 Å². The van der Waals surface area contributed by atoms with Crippen molar-refractivity contribution in [2.75, 3.05) is 0 Å². The number of ether oxygens (including phenoxy) is 1. The van der Waals surface area contributed by atoms with E-state index in [2.05, 4.69) is 0 Å². The highest BCUT2D eigenvalue weighted by Gasteiger charge is 2.21. The molecule has 0 unspecified atom stereocenters. The monoisotopic (exact) mass is 251 g/mol. The van der Waals surface area contributed by atoms with Crippen molar-refractivity contribution in [2.45, 2.75) is 26.4 Å². The predicted octanol–water partition coefficient (Wildman–Crippen LogP) is 2.36. The molecule has 0 heterocycles. The van der Waals surface area contributed by atoms with E-state index in [0.717, 1.165) is 12.1 Å². The standard InChI is InChI=1S/C12H13NO5/c1-12(2,3)18-11(15)8-4-5-10(13(16)17)9(6-8)7-14/h4-7H,1-3H3. The summed E-state index contributed by atoms with van der Waals surface area (Å²) in [7, 11) is 0. The van der Waals surface area contributed by atoms with Gasteiger partial charge in [-0.15, -0.1) is 0 Å². The van der Waals surface area contributed by atoms with Crippen LogP contribution in [0.4, 0.5) is 5.69 Å². The van der Waals surface area contributed by atoms with E-state index in [0.29, 0.717) is 6.29 Å². The molecule has 18 heavy (non-hydrogen) atoms. The average molecular weight is 251 g/mol. The lowest BCUT2D eigenvalue weighted by Crippen LogP contribution is -2.24. The molecule has 0 saturated heterocycles. The Hall–Kier alpha value is -2.24. The molecule has 0 saturated carbocycles. The van der Waals surface area contributed by atoms with Crippen molar-refractivity contribution in [3.8, 4) is 0 Å². The molecular weight excluding hydrogens is 238 g/mol. The molecule has 0 radical (unpaired) electrons. The maximum Gasteiger partial charge on any atom is 0.338 e. The topological polar surface area (TPSA) is 86.5 Å². The summed E-state index contributed by atoms with van der Waals surface area (Å²) < 4.78 is 5.10. The van der Waals surface area contributed by atoms with Gasteiger partial charge in [-0.1, -0.05) is 0 Å². The lowest BCUT2D eigenvalue weighted by molar-refractivity contribution is -0.385. The van der Waals surface area contributed by atoms with Crippen molar-refractivity contribution >= 4 is 17.9 Å². The Kier molecular flexibility index (Phi) is 3.80. The van der Waals surface area contributed by atoms with Gasteiger partial charge < -0.3 is 4.74 Å². The van der Waals surface area contributed by atoms with Gasteiger partial charge in [-0.25, -0.2) is 4.79 Å². The number of carbonyl (C=O) groups excluding carboxylic acids is 2. The molecule has 0 spiro atoms. The van der Waals surface area contributed by atoms with Crippen molar-refractivity contribution in [3.05, 3.63) is 39.4 Å². The van der Waals surface area contributed by atoms with E-state index in [1.165, 1.54) is 6.07 Å². The third kappa shape index (κ3) is 3.38. The first kappa shape index (κ1) is 13.8. The SMILES string of the molecule is CC(C)(C)OC(=O)c1ccc([N+](=O)[O-])c(C=O)c1. The predicted molar refractivity (Wildman–Crippen MR) is 63.7 cm³/mol. The van der Waals surface area contributed by atoms with Crippen molar-refractivity contribution in [2.24, 2.45) is 0 Å². The quantitative estimate of drug-likeness (QED) is 0.356. The summed E-state index contributed by atoms with van der Waals surface area (Å²) in [6.07, 6.45) is 0.339. The molecule has 0 aliphatic rings. The van der Waals surface area contributed by atoms with Crippen LogP contribution in [0.25, 0.3) is 0 Å². The number of nitro benzene ring substituents is 1. The average Bonchev–Trinajstić information content (AvgIpc) is 2.25. The van der Waals surface area contributed by atoms with E-state index < -0.39 is 16.5 Å². The number of carbonyl (C=O) groups is 2. The van der Waals surface area contributed by atoms with Gasteiger partial charge in [0.1, 0.15) is 5.60 Å². The zero-order valence-corrected chi connectivity index (χ0v) is 10.3. The Morgan fingerprint density at radius 1 is 1.39 bits per heavy atom. The van der Waals surface area contributed by atoms with Crippen LogP contribution in [0.2, 0.25) is 0 Å². The van der Waals surface area contributed by atoms with Crippen molar-refractivity contribution in [1.29, 1.82) is 0 Å². The van der Waals surface area contributed by atoms with Crippen LogP contribution < -0.4 is 0 Å². The van der Waals surface area contributed by atoms with Crippen molar-refractivity contribution < 1.29 is 19.2 Å². The van der Waals surface area contributed by atoms with E-state index >= 15 is 0 Å². The number of aldehydes is 1. The number of hydrogen-bond acceptors (Lipinski definition) is 5. The van der Waals surface area contributed by atoms with Crippen molar-refractivity contribution in [3.63, 3.8) is 0 Å². The molecule has 96 valence electrons.